The first kappa shape index (κ1) is 20.4. The second kappa shape index (κ2) is 7.43. The van der Waals surface area contributed by atoms with Crippen LogP contribution in [0.1, 0.15) is 29.4 Å². The number of alkyl halides is 3. The average Bonchev–Trinajstić information content (AvgIpc) is 3.15. The molecule has 0 aliphatic heterocycles. The van der Waals surface area contributed by atoms with Crippen molar-refractivity contribution in [1.82, 2.24) is 19.9 Å². The molecule has 0 saturated heterocycles. The summed E-state index contributed by atoms with van der Waals surface area (Å²) in [6, 6.07) is 4.45. The lowest BCUT2D eigenvalue weighted by Crippen LogP contribution is -2.09. The van der Waals surface area contributed by atoms with Gasteiger partial charge in [-0.25, -0.2) is 15.0 Å². The molecule has 3 heterocycles. The second-order valence-electron chi connectivity index (χ2n) is 7.06. The molecule has 4 aromatic rings. The van der Waals surface area contributed by atoms with E-state index in [2.05, 4.69) is 31.8 Å². The smallest absolute Gasteiger partial charge is 0.417 e. The Morgan fingerprint density at radius 3 is 2.39 bits per heavy atom. The molecule has 8 heteroatoms. The van der Waals surface area contributed by atoms with E-state index < -0.39 is 11.7 Å². The number of pyridine rings is 1. The monoisotopic (exact) mass is 422 g/mol. The molecular weight excluding hydrogens is 405 g/mol. The summed E-state index contributed by atoms with van der Waals surface area (Å²) >= 11 is 0. The van der Waals surface area contributed by atoms with Crippen LogP contribution in [0.25, 0.3) is 33.4 Å². The van der Waals surface area contributed by atoms with E-state index in [0.717, 1.165) is 0 Å². The highest BCUT2D eigenvalue weighted by atomic mass is 19.4. The number of aryl methyl sites for hydroxylation is 1. The second-order valence-corrected chi connectivity index (χ2v) is 7.06. The number of nitrogens with zero attached hydrogens (tertiary/aromatic N) is 3. The number of aromatic nitrogens is 4. The van der Waals surface area contributed by atoms with Crippen LogP contribution >= 0.6 is 0 Å². The highest BCUT2D eigenvalue weighted by Crippen LogP contribution is 2.44. The minimum Gasteiger partial charge on any atom is -0.508 e. The molecule has 1 aromatic carbocycles. The van der Waals surface area contributed by atoms with Crippen molar-refractivity contribution in [2.75, 3.05) is 0 Å². The van der Waals surface area contributed by atoms with Crippen LogP contribution in [-0.2, 0) is 6.18 Å². The van der Waals surface area contributed by atoms with Gasteiger partial charge in [0, 0.05) is 35.1 Å². The number of aromatic hydroxyl groups is 1. The Bertz CT molecular complexity index is 1360. The Hall–Kier alpha value is -3.86. The Morgan fingerprint density at radius 1 is 1.03 bits per heavy atom. The number of nitrogens with one attached hydrogen (secondary N) is 1. The highest BCUT2D eigenvalue weighted by Gasteiger charge is 2.37. The van der Waals surface area contributed by atoms with Crippen molar-refractivity contribution in [3.8, 4) is 40.0 Å². The molecule has 0 atom stereocenters. The van der Waals surface area contributed by atoms with Crippen molar-refractivity contribution in [2.45, 2.75) is 26.9 Å². The first-order valence-electron chi connectivity index (χ1n) is 9.34. The molecule has 0 saturated carbocycles. The summed E-state index contributed by atoms with van der Waals surface area (Å²) in [6.45, 7) is 4.95. The molecule has 31 heavy (non-hydrogen) atoms. The summed E-state index contributed by atoms with van der Waals surface area (Å²) < 4.78 is 42.7. The lowest BCUT2D eigenvalue weighted by molar-refractivity contribution is -0.135. The maximum atomic E-state index is 14.2. The number of rotatable bonds is 2. The molecule has 4 rings (SSSR count). The number of phenols is 1. The van der Waals surface area contributed by atoms with E-state index in [9.17, 15) is 18.3 Å². The van der Waals surface area contributed by atoms with Gasteiger partial charge in [-0.05, 0) is 55.5 Å². The number of benzene rings is 1. The summed E-state index contributed by atoms with van der Waals surface area (Å²) in [5, 5.41) is 10.0. The number of fused-ring (bicyclic) bond motifs is 1. The van der Waals surface area contributed by atoms with Crippen LogP contribution in [-0.4, -0.2) is 25.0 Å². The van der Waals surface area contributed by atoms with Crippen molar-refractivity contribution in [3.05, 3.63) is 59.3 Å². The zero-order valence-electron chi connectivity index (χ0n) is 16.9. The number of H-pyrrole nitrogens is 1. The Morgan fingerprint density at radius 2 is 1.74 bits per heavy atom. The van der Waals surface area contributed by atoms with Gasteiger partial charge < -0.3 is 10.1 Å². The number of phenolic OH excluding ortho intramolecular Hbond substituents is 1. The van der Waals surface area contributed by atoms with E-state index in [1.165, 1.54) is 30.7 Å². The minimum atomic E-state index is -4.64. The van der Waals surface area contributed by atoms with Crippen molar-refractivity contribution in [2.24, 2.45) is 0 Å². The average molecular weight is 422 g/mol. The molecule has 0 spiro atoms. The third-order valence-corrected chi connectivity index (χ3v) is 5.06. The van der Waals surface area contributed by atoms with Gasteiger partial charge >= 0.3 is 6.18 Å². The largest absolute Gasteiger partial charge is 0.508 e. The summed E-state index contributed by atoms with van der Waals surface area (Å²) in [7, 11) is 0. The van der Waals surface area contributed by atoms with Crippen molar-refractivity contribution >= 4 is 11.0 Å². The molecule has 0 bridgehead atoms. The van der Waals surface area contributed by atoms with Crippen LogP contribution in [0.3, 0.4) is 0 Å². The molecule has 0 amide bonds. The molecule has 2 N–H and O–H groups in total. The molecule has 0 unspecified atom stereocenters. The van der Waals surface area contributed by atoms with Gasteiger partial charge in [-0.3, -0.25) is 0 Å². The van der Waals surface area contributed by atoms with E-state index in [1.54, 1.807) is 26.8 Å². The number of hydrogen-bond acceptors (Lipinski definition) is 4. The molecular formula is C23H17F3N4O. The Labute approximate surface area is 176 Å². The summed E-state index contributed by atoms with van der Waals surface area (Å²) in [6.07, 6.45) is -0.460. The Kier molecular flexibility index (Phi) is 4.90. The van der Waals surface area contributed by atoms with Crippen LogP contribution in [0.2, 0.25) is 0 Å². The van der Waals surface area contributed by atoms with E-state index in [1.807, 2.05) is 0 Å². The van der Waals surface area contributed by atoms with E-state index >= 15 is 0 Å². The minimum absolute atomic E-state index is 0.0698. The van der Waals surface area contributed by atoms with Gasteiger partial charge in [0.05, 0.1) is 11.3 Å². The van der Waals surface area contributed by atoms with Gasteiger partial charge in [-0.1, -0.05) is 12.0 Å². The van der Waals surface area contributed by atoms with Crippen LogP contribution in [0, 0.1) is 25.7 Å². The first-order chi connectivity index (χ1) is 14.7. The molecule has 3 aromatic heterocycles. The summed E-state index contributed by atoms with van der Waals surface area (Å²) in [5.41, 5.74) is 1.41. The number of halogens is 3. The predicted octanol–water partition coefficient (Wildman–Crippen LogP) is 5.40. The van der Waals surface area contributed by atoms with Crippen molar-refractivity contribution in [1.29, 1.82) is 0 Å². The quantitative estimate of drug-likeness (QED) is 0.424. The van der Waals surface area contributed by atoms with Gasteiger partial charge in [-0.15, -0.1) is 0 Å². The van der Waals surface area contributed by atoms with Crippen LogP contribution in [0.15, 0.2) is 36.8 Å². The fourth-order valence-corrected chi connectivity index (χ4v) is 3.62. The van der Waals surface area contributed by atoms with Gasteiger partial charge in [0.15, 0.2) is 0 Å². The maximum Gasteiger partial charge on any atom is 0.417 e. The van der Waals surface area contributed by atoms with Gasteiger partial charge in [0.25, 0.3) is 0 Å². The number of aromatic amines is 1. The Balaban J connectivity index is 1.97. The van der Waals surface area contributed by atoms with Gasteiger partial charge in [0.2, 0.25) is 5.82 Å². The highest BCUT2D eigenvalue weighted by molar-refractivity contribution is 5.92. The van der Waals surface area contributed by atoms with Crippen molar-refractivity contribution in [3.63, 3.8) is 0 Å². The van der Waals surface area contributed by atoms with E-state index in [4.69, 9.17) is 0 Å². The van der Waals surface area contributed by atoms with Gasteiger partial charge in [0.1, 0.15) is 11.4 Å². The van der Waals surface area contributed by atoms with Crippen LogP contribution < -0.4 is 0 Å². The molecule has 0 fully saturated rings. The fourth-order valence-electron chi connectivity index (χ4n) is 3.62. The fraction of sp³-hybridized carbons (Fsp3) is 0.174. The van der Waals surface area contributed by atoms with Gasteiger partial charge in [-0.2, -0.15) is 13.2 Å². The normalized spacial score (nSPS) is 11.4. The predicted molar refractivity (Wildman–Crippen MR) is 111 cm³/mol. The summed E-state index contributed by atoms with van der Waals surface area (Å²) in [4.78, 5) is 15.4. The first-order valence-corrected chi connectivity index (χ1v) is 9.34. The molecule has 0 aliphatic carbocycles. The van der Waals surface area contributed by atoms with Crippen molar-refractivity contribution < 1.29 is 18.3 Å². The third-order valence-electron chi connectivity index (χ3n) is 5.06. The lowest BCUT2D eigenvalue weighted by Gasteiger charge is -2.17. The van der Waals surface area contributed by atoms with Crippen LogP contribution in [0.5, 0.6) is 5.75 Å². The maximum absolute atomic E-state index is 14.2. The topological polar surface area (TPSA) is 74.7 Å². The zero-order chi connectivity index (χ0) is 22.3. The van der Waals surface area contributed by atoms with E-state index in [0.29, 0.717) is 33.8 Å². The zero-order valence-corrected chi connectivity index (χ0v) is 16.9. The SMILES string of the molecule is CC#Cc1ncc(-c2cc3c(C(F)(F)F)c(-c4c(C)ccc(O)c4C)cnc3[nH]2)cn1. The lowest BCUT2D eigenvalue weighted by atomic mass is 9.91. The van der Waals surface area contributed by atoms with E-state index in [-0.39, 0.29) is 22.3 Å². The third kappa shape index (κ3) is 3.59. The summed E-state index contributed by atoms with van der Waals surface area (Å²) in [5.74, 6) is 5.66. The standard InChI is InChI=1S/C23H17F3N4O/c1-4-5-19-27-9-14(10-28-19)17-8-15-21(23(24,25)26)16(11-29-22(15)30-17)20-12(2)6-7-18(31)13(20)3/h6-11,31H,1-3H3,(H,29,30). The molecule has 5 nitrogen and oxygen atoms in total. The molecule has 156 valence electrons. The molecule has 0 aliphatic rings. The number of hydrogen-bond donors (Lipinski definition) is 2. The van der Waals surface area contributed by atoms with Crippen LogP contribution in [0.4, 0.5) is 13.2 Å². The molecule has 0 radical (unpaired) electrons.